The molecule has 0 bridgehead atoms. The van der Waals surface area contributed by atoms with Gasteiger partial charge in [0.15, 0.2) is 12.5 Å². The fraction of sp³-hybridized carbons (Fsp3) is 0.417. The number of esters is 1. The Bertz CT molecular complexity index is 410. The van der Waals surface area contributed by atoms with E-state index in [9.17, 15) is 9.18 Å². The van der Waals surface area contributed by atoms with Gasteiger partial charge in [0.2, 0.25) is 0 Å². The summed E-state index contributed by atoms with van der Waals surface area (Å²) in [5, 5.41) is 18.2. The molecule has 1 heterocycles. The summed E-state index contributed by atoms with van der Waals surface area (Å²) in [5.41, 5.74) is 0.340. The van der Waals surface area contributed by atoms with Crippen LogP contribution in [0.4, 0.5) is 4.39 Å². The van der Waals surface area contributed by atoms with E-state index in [2.05, 4.69) is 0 Å². The van der Waals surface area contributed by atoms with Crippen molar-refractivity contribution in [2.24, 2.45) is 0 Å². The Morgan fingerprint density at radius 1 is 1.33 bits per heavy atom. The molecular formula is C12H13FO5. The second-order valence-corrected chi connectivity index (χ2v) is 3.96. The van der Waals surface area contributed by atoms with Crippen LogP contribution in [0.5, 0.6) is 0 Å². The number of benzene rings is 1. The van der Waals surface area contributed by atoms with E-state index in [1.165, 1.54) is 0 Å². The zero-order valence-corrected chi connectivity index (χ0v) is 9.40. The zero-order chi connectivity index (χ0) is 13.1. The number of hydrogen-bond donors (Lipinski definition) is 2. The molecule has 4 atom stereocenters. The van der Waals surface area contributed by atoms with Crippen LogP contribution < -0.4 is 0 Å². The maximum atomic E-state index is 13.4. The molecule has 0 amide bonds. The van der Waals surface area contributed by atoms with Gasteiger partial charge in [-0.1, -0.05) is 18.2 Å². The van der Waals surface area contributed by atoms with Crippen LogP contribution in [-0.4, -0.2) is 47.5 Å². The molecule has 0 saturated carbocycles. The van der Waals surface area contributed by atoms with Crippen LogP contribution in [0.1, 0.15) is 10.4 Å². The highest BCUT2D eigenvalue weighted by Crippen LogP contribution is 2.22. The highest BCUT2D eigenvalue weighted by Gasteiger charge is 2.43. The first-order valence-corrected chi connectivity index (χ1v) is 5.47. The Morgan fingerprint density at radius 2 is 2.00 bits per heavy atom. The minimum absolute atomic E-state index is 0.340. The highest BCUT2D eigenvalue weighted by molar-refractivity contribution is 5.89. The molecule has 0 spiro atoms. The average molecular weight is 256 g/mol. The largest absolute Gasteiger partial charge is 0.459 e. The quantitative estimate of drug-likeness (QED) is 0.759. The predicted octanol–water partition coefficient (Wildman–Crippen LogP) is 0.260. The van der Waals surface area contributed by atoms with Gasteiger partial charge < -0.3 is 19.7 Å². The summed E-state index contributed by atoms with van der Waals surface area (Å²) >= 11 is 0. The lowest BCUT2D eigenvalue weighted by molar-refractivity contribution is -0.133. The van der Waals surface area contributed by atoms with Gasteiger partial charge >= 0.3 is 5.97 Å². The summed E-state index contributed by atoms with van der Waals surface area (Å²) in [6.45, 7) is -0.358. The molecule has 1 aliphatic rings. The van der Waals surface area contributed by atoms with E-state index in [-0.39, 0.29) is 6.61 Å². The fourth-order valence-corrected chi connectivity index (χ4v) is 1.66. The van der Waals surface area contributed by atoms with Crippen molar-refractivity contribution < 1.29 is 28.9 Å². The first kappa shape index (κ1) is 12.9. The zero-order valence-electron chi connectivity index (χ0n) is 9.40. The molecule has 1 aromatic carbocycles. The molecule has 18 heavy (non-hydrogen) atoms. The third kappa shape index (κ3) is 2.66. The number of aliphatic hydroxyl groups is 2. The predicted molar refractivity (Wildman–Crippen MR) is 58.5 cm³/mol. The third-order valence-electron chi connectivity index (χ3n) is 2.68. The van der Waals surface area contributed by atoms with E-state index in [0.29, 0.717) is 5.56 Å². The standard InChI is InChI=1S/C12H13FO5/c13-9-8(18-12(16)10(9)14)6-17-11(15)7-4-2-1-3-5-7/h1-5,8-10,12,14,16H,6H2/t8-,9+,10-,12+/m1/s1. The topological polar surface area (TPSA) is 76.0 Å². The average Bonchev–Trinajstić information content (AvgIpc) is 2.64. The summed E-state index contributed by atoms with van der Waals surface area (Å²) in [5.74, 6) is -0.609. The lowest BCUT2D eigenvalue weighted by atomic mass is 10.2. The second-order valence-electron chi connectivity index (χ2n) is 3.96. The van der Waals surface area contributed by atoms with Gasteiger partial charge in [0.1, 0.15) is 18.8 Å². The van der Waals surface area contributed by atoms with E-state index in [0.717, 1.165) is 0 Å². The Labute approximate surface area is 103 Å². The van der Waals surface area contributed by atoms with E-state index in [1.807, 2.05) is 0 Å². The molecule has 1 aliphatic heterocycles. The van der Waals surface area contributed by atoms with Crippen LogP contribution in [0.15, 0.2) is 30.3 Å². The molecule has 0 radical (unpaired) electrons. The van der Waals surface area contributed by atoms with Crippen LogP contribution in [0.2, 0.25) is 0 Å². The molecule has 0 unspecified atom stereocenters. The van der Waals surface area contributed by atoms with Crippen molar-refractivity contribution in [1.29, 1.82) is 0 Å². The smallest absolute Gasteiger partial charge is 0.338 e. The number of halogens is 1. The van der Waals surface area contributed by atoms with Gasteiger partial charge in [-0.3, -0.25) is 0 Å². The number of alkyl halides is 1. The number of hydrogen-bond acceptors (Lipinski definition) is 5. The van der Waals surface area contributed by atoms with Crippen molar-refractivity contribution in [3.05, 3.63) is 35.9 Å². The van der Waals surface area contributed by atoms with Crippen molar-refractivity contribution >= 4 is 5.97 Å². The van der Waals surface area contributed by atoms with Gasteiger partial charge in [-0.2, -0.15) is 0 Å². The normalized spacial score (nSPS) is 31.3. The van der Waals surface area contributed by atoms with Crippen molar-refractivity contribution in [2.45, 2.75) is 24.7 Å². The van der Waals surface area contributed by atoms with E-state index in [4.69, 9.17) is 19.7 Å². The molecule has 98 valence electrons. The second kappa shape index (κ2) is 5.43. The minimum Gasteiger partial charge on any atom is -0.459 e. The monoisotopic (exact) mass is 256 g/mol. The Morgan fingerprint density at radius 3 is 2.56 bits per heavy atom. The Balaban J connectivity index is 1.88. The van der Waals surface area contributed by atoms with Crippen LogP contribution in [0.3, 0.4) is 0 Å². The Kier molecular flexibility index (Phi) is 3.90. The van der Waals surface area contributed by atoms with Crippen molar-refractivity contribution in [2.75, 3.05) is 6.61 Å². The van der Waals surface area contributed by atoms with Crippen molar-refractivity contribution in [3.63, 3.8) is 0 Å². The van der Waals surface area contributed by atoms with Gasteiger partial charge in [-0.05, 0) is 12.1 Å². The fourth-order valence-electron chi connectivity index (χ4n) is 1.66. The molecule has 0 aliphatic carbocycles. The maximum Gasteiger partial charge on any atom is 0.338 e. The molecular weight excluding hydrogens is 243 g/mol. The summed E-state index contributed by atoms with van der Waals surface area (Å²) in [4.78, 5) is 11.5. The van der Waals surface area contributed by atoms with E-state index >= 15 is 0 Å². The van der Waals surface area contributed by atoms with Crippen LogP contribution in [0, 0.1) is 0 Å². The van der Waals surface area contributed by atoms with Gasteiger partial charge in [0.05, 0.1) is 5.56 Å². The minimum atomic E-state index is -1.77. The molecule has 1 aromatic rings. The molecule has 0 aromatic heterocycles. The van der Waals surface area contributed by atoms with Gasteiger partial charge in [-0.15, -0.1) is 0 Å². The lowest BCUT2D eigenvalue weighted by Crippen LogP contribution is -2.31. The summed E-state index contributed by atoms with van der Waals surface area (Å²) in [6.07, 6.45) is -6.11. The van der Waals surface area contributed by atoms with E-state index in [1.54, 1.807) is 30.3 Å². The number of ether oxygens (including phenoxy) is 2. The third-order valence-corrected chi connectivity index (χ3v) is 2.68. The first-order valence-electron chi connectivity index (χ1n) is 5.47. The maximum absolute atomic E-state index is 13.4. The number of rotatable bonds is 3. The summed E-state index contributed by atoms with van der Waals surface area (Å²) in [7, 11) is 0. The van der Waals surface area contributed by atoms with Crippen LogP contribution in [-0.2, 0) is 9.47 Å². The SMILES string of the molecule is O=C(OC[C@H]1O[C@H](O)[C@H](O)[C@H]1F)c1ccccc1. The van der Waals surface area contributed by atoms with Gasteiger partial charge in [0.25, 0.3) is 0 Å². The summed E-state index contributed by atoms with van der Waals surface area (Å²) in [6, 6.07) is 8.23. The summed E-state index contributed by atoms with van der Waals surface area (Å²) < 4.78 is 22.9. The molecule has 1 saturated heterocycles. The number of carbonyl (C=O) groups is 1. The van der Waals surface area contributed by atoms with Gasteiger partial charge in [-0.25, -0.2) is 9.18 Å². The van der Waals surface area contributed by atoms with Crippen LogP contribution >= 0.6 is 0 Å². The molecule has 6 heteroatoms. The first-order chi connectivity index (χ1) is 8.59. The lowest BCUT2D eigenvalue weighted by Gasteiger charge is -2.12. The Hall–Kier alpha value is -1.50. The highest BCUT2D eigenvalue weighted by atomic mass is 19.1. The number of aliphatic hydroxyl groups excluding tert-OH is 2. The number of carbonyl (C=O) groups excluding carboxylic acids is 1. The van der Waals surface area contributed by atoms with Gasteiger partial charge in [0, 0.05) is 0 Å². The molecule has 5 nitrogen and oxygen atoms in total. The molecule has 2 rings (SSSR count). The van der Waals surface area contributed by atoms with Crippen LogP contribution in [0.25, 0.3) is 0 Å². The molecule has 1 fully saturated rings. The van der Waals surface area contributed by atoms with E-state index < -0.39 is 30.6 Å². The van der Waals surface area contributed by atoms with Crippen molar-refractivity contribution in [1.82, 2.24) is 0 Å². The molecule has 2 N–H and O–H groups in total. The van der Waals surface area contributed by atoms with Crippen molar-refractivity contribution in [3.8, 4) is 0 Å².